The van der Waals surface area contributed by atoms with Crippen LogP contribution in [0.15, 0.2) is 12.1 Å². The van der Waals surface area contributed by atoms with Gasteiger partial charge in [0.1, 0.15) is 0 Å². The molecule has 1 nitrogen and oxygen atoms in total. The molecule has 2 rings (SSSR count). The van der Waals surface area contributed by atoms with Crippen molar-refractivity contribution in [3.8, 4) is 0 Å². The van der Waals surface area contributed by atoms with E-state index in [9.17, 15) is 0 Å². The van der Waals surface area contributed by atoms with Gasteiger partial charge in [0.25, 0.3) is 0 Å². The fourth-order valence-electron chi connectivity index (χ4n) is 2.75. The van der Waals surface area contributed by atoms with Gasteiger partial charge in [0.2, 0.25) is 0 Å². The highest BCUT2D eigenvalue weighted by Gasteiger charge is 2.23. The summed E-state index contributed by atoms with van der Waals surface area (Å²) < 4.78 is 0.906. The molecule has 1 saturated carbocycles. The summed E-state index contributed by atoms with van der Waals surface area (Å²) in [6.07, 6.45) is 8.34. The molecule has 90 valence electrons. The minimum absolute atomic E-state index is 0.510. The zero-order chi connectivity index (χ0) is 11.4. The Hall–Kier alpha value is -0.0500. The summed E-state index contributed by atoms with van der Waals surface area (Å²) in [6.45, 7) is 0. The second-order valence-corrected chi connectivity index (χ2v) is 6.41. The van der Waals surface area contributed by atoms with Gasteiger partial charge in [0.05, 0.1) is 4.34 Å². The Morgan fingerprint density at radius 2 is 1.94 bits per heavy atom. The molecule has 0 amide bonds. The number of thiophene rings is 1. The van der Waals surface area contributed by atoms with Gasteiger partial charge in [0, 0.05) is 10.9 Å². The van der Waals surface area contributed by atoms with Crippen LogP contribution in [0.2, 0.25) is 4.34 Å². The molecular weight excluding hydrogens is 238 g/mol. The van der Waals surface area contributed by atoms with Crippen molar-refractivity contribution < 1.29 is 0 Å². The van der Waals surface area contributed by atoms with Crippen molar-refractivity contribution in [3.63, 3.8) is 0 Å². The SMILES string of the molecule is CNC(c1ccc(Cl)s1)C1CCCCCC1. The standard InChI is InChI=1S/C13H20ClNS/c1-15-13(11-8-9-12(14)16-11)10-6-4-2-3-5-7-10/h8-10,13,15H,2-7H2,1H3. The van der Waals surface area contributed by atoms with E-state index in [1.807, 2.05) is 6.07 Å². The fraction of sp³-hybridized carbons (Fsp3) is 0.692. The molecule has 1 aliphatic carbocycles. The normalized spacial score (nSPS) is 20.6. The van der Waals surface area contributed by atoms with Crippen LogP contribution in [0.5, 0.6) is 0 Å². The molecule has 0 aliphatic heterocycles. The van der Waals surface area contributed by atoms with Gasteiger partial charge in [-0.1, -0.05) is 37.3 Å². The average Bonchev–Trinajstić information content (AvgIpc) is 2.55. The van der Waals surface area contributed by atoms with E-state index >= 15 is 0 Å². The van der Waals surface area contributed by atoms with E-state index in [4.69, 9.17) is 11.6 Å². The quantitative estimate of drug-likeness (QED) is 0.779. The van der Waals surface area contributed by atoms with Gasteiger partial charge >= 0.3 is 0 Å². The predicted octanol–water partition coefficient (Wildman–Crippen LogP) is 4.63. The second-order valence-electron chi connectivity index (χ2n) is 4.66. The topological polar surface area (TPSA) is 12.0 Å². The molecule has 0 bridgehead atoms. The molecule has 16 heavy (non-hydrogen) atoms. The largest absolute Gasteiger partial charge is 0.312 e. The molecule has 1 atom stereocenters. The second kappa shape index (κ2) is 6.04. The smallest absolute Gasteiger partial charge is 0.0931 e. The van der Waals surface area contributed by atoms with Crippen molar-refractivity contribution in [1.82, 2.24) is 5.32 Å². The summed E-state index contributed by atoms with van der Waals surface area (Å²) in [5, 5.41) is 3.48. The zero-order valence-corrected chi connectivity index (χ0v) is 11.4. The maximum atomic E-state index is 6.02. The highest BCUT2D eigenvalue weighted by molar-refractivity contribution is 7.16. The van der Waals surface area contributed by atoms with E-state index in [1.165, 1.54) is 43.4 Å². The van der Waals surface area contributed by atoms with Gasteiger partial charge in [-0.25, -0.2) is 0 Å². The van der Waals surface area contributed by atoms with Crippen LogP contribution in [0.1, 0.15) is 49.4 Å². The maximum absolute atomic E-state index is 6.02. The molecule has 1 aromatic rings. The van der Waals surface area contributed by atoms with Crippen LogP contribution in [0.3, 0.4) is 0 Å². The number of hydrogen-bond acceptors (Lipinski definition) is 2. The number of hydrogen-bond donors (Lipinski definition) is 1. The van der Waals surface area contributed by atoms with Gasteiger partial charge in [0.15, 0.2) is 0 Å². The van der Waals surface area contributed by atoms with E-state index in [1.54, 1.807) is 11.3 Å². The average molecular weight is 258 g/mol. The molecule has 1 fully saturated rings. The van der Waals surface area contributed by atoms with Crippen molar-refractivity contribution in [3.05, 3.63) is 21.3 Å². The van der Waals surface area contributed by atoms with Crippen LogP contribution in [-0.2, 0) is 0 Å². The summed E-state index contributed by atoms with van der Waals surface area (Å²) in [6, 6.07) is 4.71. The minimum atomic E-state index is 0.510. The van der Waals surface area contributed by atoms with E-state index < -0.39 is 0 Å². The lowest BCUT2D eigenvalue weighted by atomic mass is 9.91. The fourth-order valence-corrected chi connectivity index (χ4v) is 4.01. The molecule has 1 aliphatic rings. The first-order valence-corrected chi connectivity index (χ1v) is 7.43. The first-order chi connectivity index (χ1) is 7.81. The Morgan fingerprint density at radius 1 is 1.25 bits per heavy atom. The van der Waals surface area contributed by atoms with Crippen molar-refractivity contribution in [1.29, 1.82) is 0 Å². The van der Waals surface area contributed by atoms with Gasteiger partial charge in [-0.15, -0.1) is 11.3 Å². The van der Waals surface area contributed by atoms with Crippen LogP contribution < -0.4 is 5.32 Å². The van der Waals surface area contributed by atoms with Crippen LogP contribution in [0.4, 0.5) is 0 Å². The van der Waals surface area contributed by atoms with Crippen LogP contribution in [0.25, 0.3) is 0 Å². The summed E-state index contributed by atoms with van der Waals surface area (Å²) in [5.41, 5.74) is 0. The van der Waals surface area contributed by atoms with E-state index in [0.29, 0.717) is 6.04 Å². The zero-order valence-electron chi connectivity index (χ0n) is 9.84. The Morgan fingerprint density at radius 3 is 2.44 bits per heavy atom. The van der Waals surface area contributed by atoms with Crippen LogP contribution >= 0.6 is 22.9 Å². The molecule has 0 radical (unpaired) electrons. The third-order valence-corrected chi connectivity index (χ3v) is 4.90. The molecule has 1 unspecified atom stereocenters. The number of rotatable bonds is 3. The van der Waals surface area contributed by atoms with Gasteiger partial charge in [-0.3, -0.25) is 0 Å². The molecule has 0 aromatic carbocycles. The lowest BCUT2D eigenvalue weighted by Crippen LogP contribution is -2.24. The minimum Gasteiger partial charge on any atom is -0.312 e. The van der Waals surface area contributed by atoms with Crippen LogP contribution in [0, 0.1) is 5.92 Å². The third kappa shape index (κ3) is 2.99. The summed E-state index contributed by atoms with van der Waals surface area (Å²) in [5.74, 6) is 0.794. The summed E-state index contributed by atoms with van der Waals surface area (Å²) in [7, 11) is 2.07. The van der Waals surface area contributed by atoms with E-state index in [0.717, 1.165) is 10.3 Å². The van der Waals surface area contributed by atoms with Crippen LogP contribution in [-0.4, -0.2) is 7.05 Å². The lowest BCUT2D eigenvalue weighted by molar-refractivity contribution is 0.346. The molecule has 1 N–H and O–H groups in total. The molecule has 3 heteroatoms. The van der Waals surface area contributed by atoms with Crippen molar-refractivity contribution in [2.75, 3.05) is 7.05 Å². The lowest BCUT2D eigenvalue weighted by Gasteiger charge is -2.24. The third-order valence-electron chi connectivity index (χ3n) is 3.58. The summed E-state index contributed by atoms with van der Waals surface area (Å²) >= 11 is 7.75. The highest BCUT2D eigenvalue weighted by atomic mass is 35.5. The van der Waals surface area contributed by atoms with Crippen molar-refractivity contribution in [2.24, 2.45) is 5.92 Å². The number of nitrogens with one attached hydrogen (secondary N) is 1. The molecule has 0 spiro atoms. The van der Waals surface area contributed by atoms with E-state index in [-0.39, 0.29) is 0 Å². The Kier molecular flexibility index (Phi) is 4.68. The Labute approximate surface area is 107 Å². The monoisotopic (exact) mass is 257 g/mol. The van der Waals surface area contributed by atoms with Crippen molar-refractivity contribution >= 4 is 22.9 Å². The molecule has 0 saturated heterocycles. The number of halogens is 1. The van der Waals surface area contributed by atoms with Gasteiger partial charge < -0.3 is 5.32 Å². The summed E-state index contributed by atoms with van der Waals surface area (Å²) in [4.78, 5) is 1.40. The first-order valence-electron chi connectivity index (χ1n) is 6.24. The maximum Gasteiger partial charge on any atom is 0.0931 e. The predicted molar refractivity (Wildman–Crippen MR) is 72.3 cm³/mol. The Bertz CT molecular complexity index is 315. The first kappa shape index (κ1) is 12.4. The molecule has 1 aromatic heterocycles. The van der Waals surface area contributed by atoms with Gasteiger partial charge in [-0.05, 0) is 37.9 Å². The van der Waals surface area contributed by atoms with Gasteiger partial charge in [-0.2, -0.15) is 0 Å². The molecule has 1 heterocycles. The highest BCUT2D eigenvalue weighted by Crippen LogP contribution is 2.37. The van der Waals surface area contributed by atoms with E-state index in [2.05, 4.69) is 18.4 Å². The Balaban J connectivity index is 2.08. The molecular formula is C13H20ClNS. The van der Waals surface area contributed by atoms with Crippen molar-refractivity contribution in [2.45, 2.75) is 44.6 Å².